The van der Waals surface area contributed by atoms with Crippen LogP contribution in [0.15, 0.2) is 68.0 Å². The van der Waals surface area contributed by atoms with Gasteiger partial charge in [0.05, 0.1) is 16.3 Å². The molecule has 2 aliphatic heterocycles. The largest absolute Gasteiger partial charge is 0.239 e. The molecule has 0 bridgehead atoms. The molecule has 2 unspecified atom stereocenters. The van der Waals surface area contributed by atoms with Crippen LogP contribution < -0.4 is 0 Å². The van der Waals surface area contributed by atoms with Crippen LogP contribution in [0.2, 0.25) is 0 Å². The molecule has 0 saturated carbocycles. The van der Waals surface area contributed by atoms with Gasteiger partial charge in [-0.15, -0.1) is 46.6 Å². The van der Waals surface area contributed by atoms with Gasteiger partial charge in [-0.05, 0) is 48.5 Å². The van der Waals surface area contributed by atoms with Crippen LogP contribution in [0.25, 0.3) is 5.70 Å². The van der Waals surface area contributed by atoms with E-state index >= 15 is 0 Å². The van der Waals surface area contributed by atoms with E-state index in [-0.39, 0.29) is 0 Å². The zero-order valence-corrected chi connectivity index (χ0v) is 26.6. The number of thioether (sulfide) groups is 3. The molecule has 0 saturated heterocycles. The number of allylic oxidation sites excluding steroid dienone is 2. The van der Waals surface area contributed by atoms with Gasteiger partial charge in [0.15, 0.2) is 0 Å². The Morgan fingerprint density at radius 1 is 0.946 bits per heavy atom. The highest BCUT2D eigenvalue weighted by Gasteiger charge is 2.37. The quantitative estimate of drug-likeness (QED) is 0.184. The minimum atomic E-state index is 0.731. The van der Waals surface area contributed by atoms with Crippen molar-refractivity contribution in [2.45, 2.75) is 79.1 Å². The van der Waals surface area contributed by atoms with Gasteiger partial charge in [0.2, 0.25) is 0 Å². The van der Waals surface area contributed by atoms with Crippen LogP contribution in [0, 0.1) is 11.8 Å². The lowest BCUT2D eigenvalue weighted by molar-refractivity contribution is 0.500. The summed E-state index contributed by atoms with van der Waals surface area (Å²) >= 11 is 7.43. The third kappa shape index (κ3) is 8.03. The Balaban J connectivity index is 1.99. The molecule has 0 N–H and O–H groups in total. The Labute approximate surface area is 242 Å². The van der Waals surface area contributed by atoms with Crippen LogP contribution in [0.4, 0.5) is 0 Å². The van der Waals surface area contributed by atoms with Crippen molar-refractivity contribution in [2.75, 3.05) is 17.8 Å². The molecule has 3 rings (SSSR count). The molecule has 1 aromatic rings. The summed E-state index contributed by atoms with van der Waals surface area (Å²) in [4.78, 5) is 13.1. The first-order valence-electron chi connectivity index (χ1n) is 13.9. The van der Waals surface area contributed by atoms with Crippen LogP contribution in [0.5, 0.6) is 0 Å². The zero-order valence-electron chi connectivity index (χ0n) is 23.3. The molecular formula is C31H44N2S4. The number of rotatable bonds is 16. The first kappa shape index (κ1) is 30.6. The molecule has 0 fully saturated rings. The Morgan fingerprint density at radius 3 is 2.05 bits per heavy atom. The monoisotopic (exact) mass is 572 g/mol. The van der Waals surface area contributed by atoms with Gasteiger partial charge >= 0.3 is 0 Å². The van der Waals surface area contributed by atoms with E-state index in [0.29, 0.717) is 0 Å². The summed E-state index contributed by atoms with van der Waals surface area (Å²) in [5.74, 6) is 3.70. The van der Waals surface area contributed by atoms with Gasteiger partial charge in [-0.3, -0.25) is 0 Å². The van der Waals surface area contributed by atoms with E-state index in [1.165, 1.54) is 72.3 Å². The van der Waals surface area contributed by atoms with Crippen molar-refractivity contribution >= 4 is 62.4 Å². The highest BCUT2D eigenvalue weighted by molar-refractivity contribution is 8.15. The van der Waals surface area contributed by atoms with Gasteiger partial charge in [-0.25, -0.2) is 9.98 Å². The molecule has 2 atom stereocenters. The normalized spacial score (nSPS) is 17.3. The first-order chi connectivity index (χ1) is 18.1. The molecule has 0 aliphatic carbocycles. The molecule has 37 heavy (non-hydrogen) atoms. The van der Waals surface area contributed by atoms with E-state index in [4.69, 9.17) is 9.98 Å². The van der Waals surface area contributed by atoms with Crippen molar-refractivity contribution < 1.29 is 0 Å². The summed E-state index contributed by atoms with van der Waals surface area (Å²) in [6.07, 6.45) is 16.3. The molecule has 0 amide bonds. The average Bonchev–Trinajstić information content (AvgIpc) is 3.65. The number of aliphatic imine (C=N–C) groups is 2. The molecular weight excluding hydrogens is 529 g/mol. The van der Waals surface area contributed by atoms with Gasteiger partial charge in [-0.2, -0.15) is 0 Å². The molecule has 0 radical (unpaired) electrons. The predicted octanol–water partition coefficient (Wildman–Crippen LogP) is 10.9. The maximum Gasteiger partial charge on any atom is 0.107 e. The average molecular weight is 573 g/mol. The summed E-state index contributed by atoms with van der Waals surface area (Å²) < 4.78 is 0. The first-order valence-corrected chi connectivity index (χ1v) is 18.0. The van der Waals surface area contributed by atoms with Crippen molar-refractivity contribution in [3.8, 4) is 0 Å². The minimum Gasteiger partial charge on any atom is -0.239 e. The van der Waals surface area contributed by atoms with Crippen LogP contribution in [0.1, 0.15) is 83.9 Å². The third-order valence-electron chi connectivity index (χ3n) is 7.05. The molecule has 2 nitrogen and oxygen atoms in total. The summed E-state index contributed by atoms with van der Waals surface area (Å²) in [5, 5.41) is 4.47. The second-order valence-electron chi connectivity index (χ2n) is 9.68. The highest BCUT2D eigenvalue weighted by atomic mass is 32.2. The third-order valence-corrected chi connectivity index (χ3v) is 11.1. The van der Waals surface area contributed by atoms with Crippen molar-refractivity contribution in [3.63, 3.8) is 0 Å². The molecule has 3 heterocycles. The fourth-order valence-electron chi connectivity index (χ4n) is 4.60. The van der Waals surface area contributed by atoms with E-state index in [9.17, 15) is 0 Å². The van der Waals surface area contributed by atoms with Crippen LogP contribution >= 0.6 is 46.6 Å². The molecule has 202 valence electrons. The Morgan fingerprint density at radius 2 is 1.57 bits per heavy atom. The van der Waals surface area contributed by atoms with Gasteiger partial charge < -0.3 is 0 Å². The molecule has 0 spiro atoms. The number of nitrogens with zero attached hydrogens (tertiary/aromatic N) is 2. The summed E-state index contributed by atoms with van der Waals surface area (Å²) in [5.41, 5.74) is 4.73. The van der Waals surface area contributed by atoms with Crippen LogP contribution in [-0.4, -0.2) is 27.8 Å². The zero-order chi connectivity index (χ0) is 26.6. The van der Waals surface area contributed by atoms with Gasteiger partial charge in [0.1, 0.15) is 10.1 Å². The predicted molar refractivity (Wildman–Crippen MR) is 176 cm³/mol. The number of unbranched alkanes of at least 4 members (excludes halogenated alkanes) is 2. The lowest BCUT2D eigenvalue weighted by Gasteiger charge is -2.15. The van der Waals surface area contributed by atoms with E-state index in [2.05, 4.69) is 64.1 Å². The molecule has 2 aliphatic rings. The van der Waals surface area contributed by atoms with Crippen LogP contribution in [-0.2, 0) is 0 Å². The fraction of sp³-hybridized carbons (Fsp3) is 0.548. The topological polar surface area (TPSA) is 24.7 Å². The van der Waals surface area contributed by atoms with Gasteiger partial charge in [0, 0.05) is 27.6 Å². The Kier molecular flexibility index (Phi) is 13.4. The van der Waals surface area contributed by atoms with E-state index in [1.54, 1.807) is 23.1 Å². The smallest absolute Gasteiger partial charge is 0.107 e. The summed E-state index contributed by atoms with van der Waals surface area (Å²) in [6.45, 7) is 13.2. The van der Waals surface area contributed by atoms with Crippen molar-refractivity contribution in [1.29, 1.82) is 0 Å². The number of hydrogen-bond donors (Lipinski definition) is 0. The van der Waals surface area contributed by atoms with Crippen molar-refractivity contribution in [1.82, 2.24) is 0 Å². The van der Waals surface area contributed by atoms with Gasteiger partial charge in [-0.1, -0.05) is 84.9 Å². The maximum absolute atomic E-state index is 5.33. The minimum absolute atomic E-state index is 0.731. The number of thiophene rings is 1. The molecule has 1 aromatic heterocycles. The summed E-state index contributed by atoms with van der Waals surface area (Å²) in [6, 6.07) is 4.35. The van der Waals surface area contributed by atoms with E-state index < -0.39 is 0 Å². The Hall–Kier alpha value is -0.950. The standard InChI is InChI=1S/C31H44N2S4/c1-7-12-16-22(10-4)20-36-30-26-27(29(33-30)25-18-14-19-35-25)31(32-28(26)24(34-6)15-9-3)37-21-23(11-5)17-13-8-2/h9,14-15,18-19,22-23H,3,7-8,10-13,16-17,20-21H2,1-2,4-6H3/b24-15-. The lowest BCUT2D eigenvalue weighted by Crippen LogP contribution is -2.08. The summed E-state index contributed by atoms with van der Waals surface area (Å²) in [7, 11) is 0. The highest BCUT2D eigenvalue weighted by Crippen LogP contribution is 2.48. The molecule has 6 heteroatoms. The Bertz CT molecular complexity index is 1030. The lowest BCUT2D eigenvalue weighted by atomic mass is 10.0. The van der Waals surface area contributed by atoms with Crippen molar-refractivity contribution in [3.05, 3.63) is 62.9 Å². The van der Waals surface area contributed by atoms with Gasteiger partial charge in [0.25, 0.3) is 0 Å². The fourth-order valence-corrected chi connectivity index (χ4v) is 8.48. The van der Waals surface area contributed by atoms with Crippen LogP contribution in [0.3, 0.4) is 0 Å². The van der Waals surface area contributed by atoms with Crippen molar-refractivity contribution in [2.24, 2.45) is 21.8 Å². The number of hydrogen-bond acceptors (Lipinski definition) is 6. The second-order valence-corrected chi connectivity index (χ2v) is 13.5. The van der Waals surface area contributed by atoms with E-state index in [1.807, 2.05) is 29.6 Å². The second kappa shape index (κ2) is 16.2. The maximum atomic E-state index is 5.33. The SMILES string of the molecule is C=C/C=C(\SC)C1=C2C(SCC(CC)CCCC)=NC(c3cccs3)=C2C(SCC(CC)CCCC)=N1. The number of fused-ring (bicyclic) bond motifs is 1. The molecule has 0 aromatic carbocycles. The van der Waals surface area contributed by atoms with E-state index in [0.717, 1.165) is 44.8 Å².